The molecule has 3 amide bonds. The summed E-state index contributed by atoms with van der Waals surface area (Å²) in [7, 11) is 0. The maximum atomic E-state index is 13.0. The number of carboxylic acids is 1. The van der Waals surface area contributed by atoms with Gasteiger partial charge < -0.3 is 0 Å². The standard InChI is InChI=1S/C21H37N3O6Se/c1-7-13(2)16(18(26)22-14(19(27)28)10-12-31-6)23-17(25)15-9-8-11-24(15)20(29)30-21(3,4)5/h13-16H,7-12H2,1-6H3,(H,22,26)(H,23,25)(H,27,28)/t13-,14-,15-,16-/m0/s1. The number of amides is 3. The first-order valence-electron chi connectivity index (χ1n) is 10.7. The third-order valence-corrected chi connectivity index (χ3v) is 6.55. The summed E-state index contributed by atoms with van der Waals surface area (Å²) < 4.78 is 5.40. The van der Waals surface area contributed by atoms with Crippen LogP contribution in [0.3, 0.4) is 0 Å². The van der Waals surface area contributed by atoms with Gasteiger partial charge in [-0.15, -0.1) is 0 Å². The Morgan fingerprint density at radius 3 is 2.39 bits per heavy atom. The molecule has 1 aliphatic rings. The van der Waals surface area contributed by atoms with Crippen LogP contribution in [0.4, 0.5) is 4.79 Å². The van der Waals surface area contributed by atoms with Crippen molar-refractivity contribution in [2.75, 3.05) is 6.54 Å². The SMILES string of the molecule is CC[C@H](C)[C@H](NC(=O)[C@@H]1CCCN1C(=O)OC(C)(C)C)C(=O)N[C@@H](CC[Se]C)C(=O)O. The van der Waals surface area contributed by atoms with Gasteiger partial charge in [-0.3, -0.25) is 0 Å². The Labute approximate surface area is 191 Å². The molecular weight excluding hydrogens is 469 g/mol. The van der Waals surface area contributed by atoms with Crippen LogP contribution >= 0.6 is 0 Å². The van der Waals surface area contributed by atoms with E-state index in [1.807, 2.05) is 19.7 Å². The molecule has 0 aromatic carbocycles. The van der Waals surface area contributed by atoms with Crippen LogP contribution < -0.4 is 10.6 Å². The number of nitrogens with zero attached hydrogens (tertiary/aromatic N) is 1. The summed E-state index contributed by atoms with van der Waals surface area (Å²) in [4.78, 5) is 51.3. The van der Waals surface area contributed by atoms with Crippen LogP contribution in [0, 0.1) is 5.92 Å². The van der Waals surface area contributed by atoms with Gasteiger partial charge in [-0.1, -0.05) is 0 Å². The van der Waals surface area contributed by atoms with Crippen LogP contribution in [0.15, 0.2) is 0 Å². The maximum absolute atomic E-state index is 13.0. The molecule has 9 nitrogen and oxygen atoms in total. The Bertz CT molecular complexity index is 652. The quantitative estimate of drug-likeness (QED) is 0.390. The van der Waals surface area contributed by atoms with E-state index in [0.29, 0.717) is 47.2 Å². The summed E-state index contributed by atoms with van der Waals surface area (Å²) >= 11 is 0.302. The van der Waals surface area contributed by atoms with E-state index in [-0.39, 0.29) is 5.92 Å². The van der Waals surface area contributed by atoms with Gasteiger partial charge in [0.25, 0.3) is 0 Å². The van der Waals surface area contributed by atoms with E-state index in [1.165, 1.54) is 4.90 Å². The molecule has 0 spiro atoms. The van der Waals surface area contributed by atoms with E-state index in [4.69, 9.17) is 4.74 Å². The Morgan fingerprint density at radius 1 is 1.23 bits per heavy atom. The minimum absolute atomic E-state index is 0.204. The minimum atomic E-state index is -1.08. The number of nitrogens with one attached hydrogen (secondary N) is 2. The van der Waals surface area contributed by atoms with Gasteiger partial charge in [0, 0.05) is 0 Å². The fourth-order valence-electron chi connectivity index (χ4n) is 3.28. The molecule has 1 aliphatic heterocycles. The number of carboxylic acid groups (broad SMARTS) is 1. The molecule has 31 heavy (non-hydrogen) atoms. The van der Waals surface area contributed by atoms with Crippen molar-refractivity contribution in [2.45, 2.75) is 95.2 Å². The molecule has 0 saturated carbocycles. The summed E-state index contributed by atoms with van der Waals surface area (Å²) in [5.74, 6) is -0.217. The molecule has 0 aliphatic carbocycles. The number of likely N-dealkylation sites (tertiary alicyclic amines) is 1. The van der Waals surface area contributed by atoms with Crippen molar-refractivity contribution in [3.63, 3.8) is 0 Å². The van der Waals surface area contributed by atoms with E-state index in [2.05, 4.69) is 10.6 Å². The third-order valence-electron chi connectivity index (χ3n) is 5.20. The second kappa shape index (κ2) is 12.3. The molecular formula is C21H37N3O6Se. The van der Waals surface area contributed by atoms with Crippen LogP contribution in [0.1, 0.15) is 60.3 Å². The number of aliphatic carboxylic acids is 1. The summed E-state index contributed by atoms with van der Waals surface area (Å²) in [5, 5.41) is 15.5. The first kappa shape index (κ1) is 27.2. The monoisotopic (exact) mass is 507 g/mol. The summed E-state index contributed by atoms with van der Waals surface area (Å²) in [6.07, 6.45) is 1.57. The van der Waals surface area contributed by atoms with E-state index in [9.17, 15) is 24.3 Å². The molecule has 0 aromatic rings. The van der Waals surface area contributed by atoms with Crippen LogP contribution in [0.25, 0.3) is 0 Å². The number of hydrogen-bond donors (Lipinski definition) is 3. The van der Waals surface area contributed by atoms with Crippen molar-refractivity contribution in [1.82, 2.24) is 15.5 Å². The van der Waals surface area contributed by atoms with Gasteiger partial charge in [0.1, 0.15) is 5.60 Å². The van der Waals surface area contributed by atoms with Gasteiger partial charge in [-0.05, 0) is 20.8 Å². The molecule has 178 valence electrons. The second-order valence-electron chi connectivity index (χ2n) is 8.88. The van der Waals surface area contributed by atoms with Crippen LogP contribution in [0.2, 0.25) is 11.1 Å². The van der Waals surface area contributed by atoms with E-state index in [1.54, 1.807) is 20.8 Å². The van der Waals surface area contributed by atoms with Gasteiger partial charge >= 0.3 is 165 Å². The fourth-order valence-corrected chi connectivity index (χ4v) is 4.27. The van der Waals surface area contributed by atoms with Gasteiger partial charge in [0.05, 0.1) is 0 Å². The molecule has 4 atom stereocenters. The molecule has 1 fully saturated rings. The van der Waals surface area contributed by atoms with Crippen LogP contribution in [0.5, 0.6) is 0 Å². The van der Waals surface area contributed by atoms with Crippen molar-refractivity contribution in [2.24, 2.45) is 5.92 Å². The fraction of sp³-hybridized carbons (Fsp3) is 0.810. The van der Waals surface area contributed by atoms with E-state index >= 15 is 0 Å². The molecule has 1 heterocycles. The predicted molar refractivity (Wildman–Crippen MR) is 118 cm³/mol. The number of carbonyl (C=O) groups excluding carboxylic acids is 3. The van der Waals surface area contributed by atoms with Gasteiger partial charge in [0.15, 0.2) is 0 Å². The zero-order valence-electron chi connectivity index (χ0n) is 19.4. The molecule has 3 N–H and O–H groups in total. The van der Waals surface area contributed by atoms with Crippen molar-refractivity contribution in [3.8, 4) is 0 Å². The zero-order valence-corrected chi connectivity index (χ0v) is 21.1. The molecule has 1 rings (SSSR count). The molecule has 10 heteroatoms. The van der Waals surface area contributed by atoms with Gasteiger partial charge in [0.2, 0.25) is 0 Å². The number of hydrogen-bond acceptors (Lipinski definition) is 5. The van der Waals surface area contributed by atoms with Crippen molar-refractivity contribution < 1.29 is 29.0 Å². The summed E-state index contributed by atoms with van der Waals surface area (Å²) in [5.41, 5.74) is -0.675. The van der Waals surface area contributed by atoms with Crippen molar-refractivity contribution >= 4 is 38.8 Å². The summed E-state index contributed by atoms with van der Waals surface area (Å²) in [6.45, 7) is 9.42. The van der Waals surface area contributed by atoms with E-state index < -0.39 is 47.6 Å². The molecule has 0 aromatic heterocycles. The predicted octanol–water partition coefficient (Wildman–Crippen LogP) is 2.05. The zero-order chi connectivity index (χ0) is 23.8. The number of ether oxygens (including phenoxy) is 1. The van der Waals surface area contributed by atoms with Crippen LogP contribution in [-0.4, -0.2) is 79.1 Å². The topological polar surface area (TPSA) is 125 Å². The number of rotatable bonds is 10. The molecule has 0 radical (unpaired) electrons. The second-order valence-corrected chi connectivity index (χ2v) is 11.0. The Balaban J connectivity index is 2.90. The Morgan fingerprint density at radius 2 is 1.87 bits per heavy atom. The molecule has 0 unspecified atom stereocenters. The first-order chi connectivity index (χ1) is 14.4. The van der Waals surface area contributed by atoms with Gasteiger partial charge in [-0.25, -0.2) is 0 Å². The van der Waals surface area contributed by atoms with Gasteiger partial charge in [-0.2, -0.15) is 0 Å². The first-order valence-corrected chi connectivity index (χ1v) is 13.7. The van der Waals surface area contributed by atoms with Crippen molar-refractivity contribution in [3.05, 3.63) is 0 Å². The normalized spacial score (nSPS) is 19.3. The third kappa shape index (κ3) is 8.69. The molecule has 1 saturated heterocycles. The average Bonchev–Trinajstić information content (AvgIpc) is 3.17. The molecule has 0 bridgehead atoms. The Kier molecular flexibility index (Phi) is 10.8. The number of carbonyl (C=O) groups is 4. The summed E-state index contributed by atoms with van der Waals surface area (Å²) in [6, 6.07) is -2.58. The van der Waals surface area contributed by atoms with Crippen LogP contribution in [-0.2, 0) is 19.1 Å². The average molecular weight is 507 g/mol. The van der Waals surface area contributed by atoms with E-state index in [0.717, 1.165) is 5.32 Å². The van der Waals surface area contributed by atoms with Crippen molar-refractivity contribution in [1.29, 1.82) is 0 Å². The Hall–Kier alpha value is -1.80.